The lowest BCUT2D eigenvalue weighted by molar-refractivity contribution is -0.450. The second-order valence-electron chi connectivity index (χ2n) is 18.5. The number of unbranched alkanes of at least 4 members (excludes halogenated alkanes) is 2. The second kappa shape index (κ2) is 17.6. The van der Waals surface area contributed by atoms with Crippen molar-refractivity contribution in [3.63, 3.8) is 0 Å². The van der Waals surface area contributed by atoms with Gasteiger partial charge in [0.15, 0.2) is 5.54 Å². The Morgan fingerprint density at radius 2 is 1.84 bits per heavy atom. The Kier molecular flexibility index (Phi) is 12.1. The lowest BCUT2D eigenvalue weighted by Crippen LogP contribution is -2.55. The van der Waals surface area contributed by atoms with Crippen LogP contribution in [0.5, 0.6) is 0 Å². The zero-order valence-corrected chi connectivity index (χ0v) is 36.6. The summed E-state index contributed by atoms with van der Waals surface area (Å²) in [5.74, 6) is -1.74. The molecule has 4 saturated heterocycles. The van der Waals surface area contributed by atoms with Gasteiger partial charge in [-0.15, -0.1) is 0 Å². The molecule has 6 atom stereocenters. The van der Waals surface area contributed by atoms with Crippen LogP contribution in [0.2, 0.25) is 0 Å². The van der Waals surface area contributed by atoms with Crippen LogP contribution in [-0.4, -0.2) is 159 Å². The Hall–Kier alpha value is -5.33. The van der Waals surface area contributed by atoms with Gasteiger partial charge < -0.3 is 15.3 Å². The molecule has 7 aliphatic heterocycles. The highest BCUT2D eigenvalue weighted by atomic mass is 19.3. The predicted molar refractivity (Wildman–Crippen MR) is 233 cm³/mol. The number of nitrogens with one attached hydrogen (secondary N) is 2. The summed E-state index contributed by atoms with van der Waals surface area (Å²) in [6.07, 6.45) is 5.65. The van der Waals surface area contributed by atoms with Gasteiger partial charge in [0.25, 0.3) is 24.1 Å². The Morgan fingerprint density at radius 3 is 2.56 bits per heavy atom. The third kappa shape index (κ3) is 7.84. The molecule has 5 N–H and O–H groups in total. The van der Waals surface area contributed by atoms with Crippen molar-refractivity contribution in [3.05, 3.63) is 58.1 Å². The number of nitrogens with two attached hydrogens (primary N) is 1. The van der Waals surface area contributed by atoms with Crippen molar-refractivity contribution >= 4 is 53.0 Å². The molecular weight excluding hydrogens is 827 g/mol. The summed E-state index contributed by atoms with van der Waals surface area (Å²) >= 11 is 0. The number of hydrazone groups is 1. The number of likely N-dealkylation sites (N-methyl/N-ethyl adjacent to an activating group) is 1. The molecule has 342 valence electrons. The van der Waals surface area contributed by atoms with Crippen LogP contribution in [0.1, 0.15) is 121 Å². The summed E-state index contributed by atoms with van der Waals surface area (Å²) in [4.78, 5) is 71.0. The summed E-state index contributed by atoms with van der Waals surface area (Å²) in [7, 11) is 1.84. The molecule has 0 radical (unpaired) electrons. The van der Waals surface area contributed by atoms with E-state index in [1.54, 1.807) is 42.4 Å². The van der Waals surface area contributed by atoms with Gasteiger partial charge in [-0.1, -0.05) is 18.6 Å². The fourth-order valence-corrected chi connectivity index (χ4v) is 11.4. The van der Waals surface area contributed by atoms with Crippen molar-refractivity contribution in [1.82, 2.24) is 29.9 Å². The Balaban J connectivity index is 0.803. The topological polar surface area (TPSA) is 187 Å². The van der Waals surface area contributed by atoms with Crippen LogP contribution in [-0.2, 0) is 20.8 Å². The number of anilines is 1. The number of imide groups is 2. The van der Waals surface area contributed by atoms with Gasteiger partial charge in [0.2, 0.25) is 17.7 Å². The number of hydrogen-bond donors (Lipinski definition) is 4. The van der Waals surface area contributed by atoms with E-state index in [0.29, 0.717) is 69.3 Å². The van der Waals surface area contributed by atoms with E-state index in [9.17, 15) is 37.9 Å². The number of rotatable bonds is 13. The third-order valence-corrected chi connectivity index (χ3v) is 14.7. The van der Waals surface area contributed by atoms with Crippen molar-refractivity contribution in [2.45, 2.75) is 120 Å². The first kappa shape index (κ1) is 43.9. The van der Waals surface area contributed by atoms with E-state index in [4.69, 9.17) is 5.73 Å². The zero-order valence-electron chi connectivity index (χ0n) is 36.6. The van der Waals surface area contributed by atoms with Crippen molar-refractivity contribution < 1.29 is 42.4 Å². The van der Waals surface area contributed by atoms with Crippen molar-refractivity contribution in [3.8, 4) is 0 Å². The third-order valence-electron chi connectivity index (χ3n) is 14.7. The molecule has 0 spiro atoms. The molecular formula is C46H59F2N10O6+. The molecule has 16 nitrogen and oxygen atoms in total. The Labute approximate surface area is 371 Å². The highest BCUT2D eigenvalue weighted by Gasteiger charge is 2.72. The predicted octanol–water partition coefficient (Wildman–Crippen LogP) is 3.12. The summed E-state index contributed by atoms with van der Waals surface area (Å²) in [5.41, 5.74) is 10.0. The number of aryl methyl sites for hydroxylation is 1. The van der Waals surface area contributed by atoms with Crippen LogP contribution in [0.15, 0.2) is 35.4 Å². The summed E-state index contributed by atoms with van der Waals surface area (Å²) < 4.78 is 31.5. The molecule has 0 bridgehead atoms. The van der Waals surface area contributed by atoms with Gasteiger partial charge in [0.1, 0.15) is 18.0 Å². The number of halogens is 2. The van der Waals surface area contributed by atoms with Gasteiger partial charge in [0, 0.05) is 88.6 Å². The smallest absolute Gasteiger partial charge is 0.272 e. The molecule has 6 unspecified atom stereocenters. The van der Waals surface area contributed by atoms with E-state index in [1.165, 1.54) is 0 Å². The fourth-order valence-electron chi connectivity index (χ4n) is 11.4. The van der Waals surface area contributed by atoms with Crippen LogP contribution < -0.4 is 16.4 Å². The maximum absolute atomic E-state index is 14.7. The lowest BCUT2D eigenvalue weighted by atomic mass is 9.89. The second-order valence-corrected chi connectivity index (χ2v) is 18.5. The molecule has 0 aromatic heterocycles. The minimum absolute atomic E-state index is 0.00778. The number of carbonyl (C=O) groups is 5. The lowest BCUT2D eigenvalue weighted by Gasteiger charge is -2.37. The minimum Gasteiger partial charge on any atom is -0.384 e. The number of aliphatic hydroxyl groups excluding tert-OH is 1. The van der Waals surface area contributed by atoms with Gasteiger partial charge in [0.05, 0.1) is 24.2 Å². The molecule has 7 heterocycles. The van der Waals surface area contributed by atoms with Crippen molar-refractivity contribution in [1.29, 1.82) is 0 Å². The van der Waals surface area contributed by atoms with Gasteiger partial charge in [-0.05, 0) is 87.1 Å². The number of nitrogens with zero attached hydrogens (tertiary/aromatic N) is 7. The standard InChI is InChI=1S/C46H58F2N10O6/c1-27(59)55-21-16-37-46(26-55,45(49)56-18-7-8-28-22-32(29-24-51-53(2)25-29)33(41(47)48)23-36(28)56)58(37)30-14-19-54(20-15-30)39(61)11-4-3-5-17-50-34-10-6-9-31-40(34)44(64)57(43(31)63)35-12-13-38(60)52-42(35)62/h6,9-10,22-24,29-30,35,37,39,41,49,61H,3-5,7-8,11-21,25-26H2,1-2H3,(H2,50,52,60,62,64)/p+1. The quantitative estimate of drug-likeness (QED) is 0.0762. The van der Waals surface area contributed by atoms with E-state index in [1.807, 2.05) is 18.0 Å². The molecule has 4 fully saturated rings. The van der Waals surface area contributed by atoms with E-state index in [0.717, 1.165) is 67.5 Å². The number of piperidine rings is 3. The number of aliphatic hydroxyl groups is 1. The highest BCUT2D eigenvalue weighted by Crippen LogP contribution is 2.51. The van der Waals surface area contributed by atoms with Crippen LogP contribution in [0, 0.1) is 0 Å². The Bertz CT molecular complexity index is 2300. The number of alkyl halides is 2. The molecule has 0 aliphatic carbocycles. The number of benzene rings is 2. The maximum Gasteiger partial charge on any atom is 0.272 e. The van der Waals surface area contributed by atoms with Gasteiger partial charge in [-0.25, -0.2) is 13.4 Å². The van der Waals surface area contributed by atoms with E-state index >= 15 is 0 Å². The Morgan fingerprint density at radius 1 is 1.05 bits per heavy atom. The largest absolute Gasteiger partial charge is 0.384 e. The number of hydrogen-bond acceptors (Lipinski definition) is 11. The highest BCUT2D eigenvalue weighted by molar-refractivity contribution is 6.25. The normalized spacial score (nSPS) is 28.3. The van der Waals surface area contributed by atoms with Gasteiger partial charge >= 0.3 is 0 Å². The van der Waals surface area contributed by atoms with Crippen LogP contribution in [0.4, 0.5) is 20.2 Å². The molecule has 18 heteroatoms. The number of amidine groups is 1. The van der Waals surface area contributed by atoms with Crippen molar-refractivity contribution in [2.24, 2.45) is 10.8 Å². The van der Waals surface area contributed by atoms with Crippen molar-refractivity contribution in [2.75, 3.05) is 58.2 Å². The molecule has 2 aromatic rings. The molecule has 5 amide bonds. The summed E-state index contributed by atoms with van der Waals surface area (Å²) in [6, 6.07) is 7.89. The average Bonchev–Trinajstić information content (AvgIpc) is 3.65. The monoisotopic (exact) mass is 885 g/mol. The van der Waals surface area contributed by atoms with E-state index in [-0.39, 0.29) is 53.4 Å². The number of amides is 5. The molecule has 7 aliphatic rings. The summed E-state index contributed by atoms with van der Waals surface area (Å²) in [6.45, 7) is 5.80. The fraction of sp³-hybridized carbons (Fsp3) is 0.587. The summed E-state index contributed by atoms with van der Waals surface area (Å²) in [5, 5.41) is 22.9. The number of fused-ring (bicyclic) bond motifs is 3. The first-order valence-electron chi connectivity index (χ1n) is 22.9. The average molecular weight is 886 g/mol. The SMILES string of the molecule is CC(=O)N1CCC2N(C3CCN(C(O)CCCCCNc4cccc5c4C(=O)N(C4CCC(=O)NC4=O)C5=O)CC3)C2(C(N)=[N+]2CCCc3cc(C4C=NN(C)C4)c(C(F)F)cc32)C1. The van der Waals surface area contributed by atoms with Crippen LogP contribution in [0.3, 0.4) is 0 Å². The van der Waals surface area contributed by atoms with Gasteiger partial charge in [-0.3, -0.25) is 54.7 Å². The van der Waals surface area contributed by atoms with Crippen LogP contribution in [0.25, 0.3) is 0 Å². The minimum atomic E-state index is -2.65. The molecule has 2 aromatic carbocycles. The van der Waals surface area contributed by atoms with Crippen LogP contribution >= 0.6 is 0 Å². The molecule has 9 rings (SSSR count). The maximum atomic E-state index is 14.7. The number of carbonyl (C=O) groups excluding carboxylic acids is 5. The zero-order chi connectivity index (χ0) is 45.0. The first-order valence-corrected chi connectivity index (χ1v) is 22.9. The number of likely N-dealkylation sites (tertiary alicyclic amines) is 2. The molecule has 0 saturated carbocycles. The van der Waals surface area contributed by atoms with E-state index in [2.05, 4.69) is 30.1 Å². The molecule has 64 heavy (non-hydrogen) atoms. The van der Waals surface area contributed by atoms with Gasteiger partial charge in [-0.2, -0.15) is 5.10 Å². The first-order chi connectivity index (χ1) is 30.8. The van der Waals surface area contributed by atoms with E-state index < -0.39 is 47.9 Å².